The largest absolute Gasteiger partial charge is 0.493 e. The second-order valence-electron chi connectivity index (χ2n) is 7.99. The number of carbonyl (C=O) groups is 1. The Bertz CT molecular complexity index is 705. The minimum atomic E-state index is -4.42. The Morgan fingerprint density at radius 2 is 1.88 bits per heavy atom. The van der Waals surface area contributed by atoms with Gasteiger partial charge in [-0.3, -0.25) is 9.69 Å². The Hall–Kier alpha value is -2.00. The van der Waals surface area contributed by atoms with E-state index in [-0.39, 0.29) is 29.9 Å². The van der Waals surface area contributed by atoms with Crippen molar-refractivity contribution in [2.45, 2.75) is 51.7 Å². The first-order valence-electron chi connectivity index (χ1n) is 11.2. The number of nitrogens with zero attached hydrogens (tertiary/aromatic N) is 1. The lowest BCUT2D eigenvalue weighted by atomic mass is 9.92. The van der Waals surface area contributed by atoms with Crippen molar-refractivity contribution in [1.82, 2.24) is 10.2 Å². The van der Waals surface area contributed by atoms with Crippen molar-refractivity contribution in [3.8, 4) is 11.5 Å². The van der Waals surface area contributed by atoms with Gasteiger partial charge in [0.15, 0.2) is 18.1 Å². The molecule has 32 heavy (non-hydrogen) atoms. The molecule has 0 radical (unpaired) electrons. The van der Waals surface area contributed by atoms with E-state index in [2.05, 4.69) is 24.1 Å². The summed E-state index contributed by atoms with van der Waals surface area (Å²) in [5, 5.41) is 3.07. The molecular formula is C23H35F3N2O4. The molecule has 1 saturated heterocycles. The van der Waals surface area contributed by atoms with Gasteiger partial charge < -0.3 is 19.5 Å². The fourth-order valence-electron chi connectivity index (χ4n) is 4.05. The minimum absolute atomic E-state index is 0.0246. The van der Waals surface area contributed by atoms with Crippen LogP contribution in [-0.4, -0.2) is 69.6 Å². The average molecular weight is 461 g/mol. The lowest BCUT2D eigenvalue weighted by Gasteiger charge is -2.38. The van der Waals surface area contributed by atoms with Crippen LogP contribution in [0.3, 0.4) is 0 Å². The Morgan fingerprint density at radius 3 is 2.47 bits per heavy atom. The summed E-state index contributed by atoms with van der Waals surface area (Å²) in [6.07, 6.45) is -1.58. The molecule has 0 saturated carbocycles. The van der Waals surface area contributed by atoms with Crippen LogP contribution in [-0.2, 0) is 16.0 Å². The first kappa shape index (κ1) is 26.3. The first-order valence-corrected chi connectivity index (χ1v) is 11.2. The van der Waals surface area contributed by atoms with Gasteiger partial charge >= 0.3 is 6.18 Å². The van der Waals surface area contributed by atoms with E-state index in [4.69, 9.17) is 14.2 Å². The molecule has 0 aliphatic carbocycles. The maximum absolute atomic E-state index is 12.5. The van der Waals surface area contributed by atoms with Crippen molar-refractivity contribution in [1.29, 1.82) is 0 Å². The number of hydrogen-bond donors (Lipinski definition) is 1. The van der Waals surface area contributed by atoms with Crippen LogP contribution in [0.1, 0.15) is 38.7 Å². The number of morpholine rings is 1. The zero-order valence-corrected chi connectivity index (χ0v) is 19.2. The number of carbonyl (C=O) groups excluding carboxylic acids is 1. The standard InChI is InChI=1S/C23H35F3N2O4/c1-4-18(5-2)19(28-10-12-31-13-11-28)15-27-22(29)9-7-17-6-8-20(21(14-17)30-3)32-16-23(24,25)26/h6,8,14,18-19H,4-5,7,9-13,15-16H2,1-3H3,(H,27,29). The molecule has 0 bridgehead atoms. The molecule has 1 aliphatic rings. The van der Waals surface area contributed by atoms with E-state index in [1.165, 1.54) is 13.2 Å². The van der Waals surface area contributed by atoms with Crippen LogP contribution in [0.15, 0.2) is 18.2 Å². The molecule has 1 aromatic rings. The van der Waals surface area contributed by atoms with Gasteiger partial charge in [0.1, 0.15) is 0 Å². The fraction of sp³-hybridized carbons (Fsp3) is 0.696. The molecule has 2 rings (SSSR count). The third kappa shape index (κ3) is 8.50. The molecule has 182 valence electrons. The van der Waals surface area contributed by atoms with Crippen molar-refractivity contribution in [2.24, 2.45) is 5.92 Å². The third-order valence-corrected chi connectivity index (χ3v) is 5.88. The number of benzene rings is 1. The van der Waals surface area contributed by atoms with E-state index in [0.29, 0.717) is 18.9 Å². The molecule has 1 fully saturated rings. The first-order chi connectivity index (χ1) is 15.3. The SMILES string of the molecule is CCC(CC)C(CNC(=O)CCc1ccc(OCC(F)(F)F)c(OC)c1)N1CCOCC1. The smallest absolute Gasteiger partial charge is 0.422 e. The van der Waals surface area contributed by atoms with Crippen molar-refractivity contribution < 1.29 is 32.2 Å². The third-order valence-electron chi connectivity index (χ3n) is 5.88. The summed E-state index contributed by atoms with van der Waals surface area (Å²) < 4.78 is 52.6. The maximum Gasteiger partial charge on any atom is 0.422 e. The monoisotopic (exact) mass is 460 g/mol. The van der Waals surface area contributed by atoms with E-state index in [1.54, 1.807) is 12.1 Å². The van der Waals surface area contributed by atoms with Gasteiger partial charge in [-0.1, -0.05) is 32.8 Å². The highest BCUT2D eigenvalue weighted by Crippen LogP contribution is 2.30. The van der Waals surface area contributed by atoms with Gasteiger partial charge in [0.05, 0.1) is 20.3 Å². The Labute approximate surface area is 188 Å². The molecule has 1 amide bonds. The number of aryl methyl sites for hydroxylation is 1. The maximum atomic E-state index is 12.5. The molecule has 6 nitrogen and oxygen atoms in total. The molecule has 1 aliphatic heterocycles. The number of ether oxygens (including phenoxy) is 3. The predicted molar refractivity (Wildman–Crippen MR) is 116 cm³/mol. The summed E-state index contributed by atoms with van der Waals surface area (Å²) in [5.74, 6) is 0.692. The van der Waals surface area contributed by atoms with Gasteiger partial charge in [-0.25, -0.2) is 0 Å². The number of halogens is 3. The molecule has 1 N–H and O–H groups in total. The van der Waals surface area contributed by atoms with Crippen LogP contribution in [0.5, 0.6) is 11.5 Å². The van der Waals surface area contributed by atoms with E-state index in [0.717, 1.165) is 44.7 Å². The topological polar surface area (TPSA) is 60.0 Å². The molecule has 1 aromatic carbocycles. The van der Waals surface area contributed by atoms with Gasteiger partial charge in [0.25, 0.3) is 0 Å². The van der Waals surface area contributed by atoms with Crippen molar-refractivity contribution in [2.75, 3.05) is 46.6 Å². The molecular weight excluding hydrogens is 425 g/mol. The summed E-state index contributed by atoms with van der Waals surface area (Å²) >= 11 is 0. The van der Waals surface area contributed by atoms with Crippen LogP contribution < -0.4 is 14.8 Å². The van der Waals surface area contributed by atoms with Crippen LogP contribution in [0.2, 0.25) is 0 Å². The highest BCUT2D eigenvalue weighted by atomic mass is 19.4. The normalized spacial score (nSPS) is 16.1. The predicted octanol–water partition coefficient (Wildman–Crippen LogP) is 3.82. The number of nitrogens with one attached hydrogen (secondary N) is 1. The van der Waals surface area contributed by atoms with E-state index >= 15 is 0 Å². The number of hydrogen-bond acceptors (Lipinski definition) is 5. The zero-order valence-electron chi connectivity index (χ0n) is 19.2. The van der Waals surface area contributed by atoms with Crippen molar-refractivity contribution >= 4 is 5.91 Å². The molecule has 9 heteroatoms. The van der Waals surface area contributed by atoms with Crippen LogP contribution >= 0.6 is 0 Å². The Kier molecular flexibility index (Phi) is 10.6. The van der Waals surface area contributed by atoms with E-state index in [9.17, 15) is 18.0 Å². The zero-order chi connectivity index (χ0) is 23.6. The van der Waals surface area contributed by atoms with Gasteiger partial charge in [-0.15, -0.1) is 0 Å². The number of rotatable bonds is 12. The van der Waals surface area contributed by atoms with Crippen LogP contribution in [0.25, 0.3) is 0 Å². The van der Waals surface area contributed by atoms with Crippen molar-refractivity contribution in [3.05, 3.63) is 23.8 Å². The van der Waals surface area contributed by atoms with Crippen LogP contribution in [0, 0.1) is 5.92 Å². The Balaban J connectivity index is 1.89. The minimum Gasteiger partial charge on any atom is -0.493 e. The number of alkyl halides is 3. The highest BCUT2D eigenvalue weighted by Gasteiger charge is 2.29. The summed E-state index contributed by atoms with van der Waals surface area (Å²) in [4.78, 5) is 14.9. The quantitative estimate of drug-likeness (QED) is 0.514. The van der Waals surface area contributed by atoms with Gasteiger partial charge in [-0.05, 0) is 30.0 Å². The number of methoxy groups -OCH3 is 1. The molecule has 0 aromatic heterocycles. The summed E-state index contributed by atoms with van der Waals surface area (Å²) in [5.41, 5.74) is 0.793. The number of amides is 1. The molecule has 1 atom stereocenters. The second kappa shape index (κ2) is 12.9. The highest BCUT2D eigenvalue weighted by molar-refractivity contribution is 5.76. The summed E-state index contributed by atoms with van der Waals surface area (Å²) in [7, 11) is 1.37. The summed E-state index contributed by atoms with van der Waals surface area (Å²) in [6.45, 7) is 6.76. The Morgan fingerprint density at radius 1 is 1.19 bits per heavy atom. The van der Waals surface area contributed by atoms with Crippen LogP contribution in [0.4, 0.5) is 13.2 Å². The van der Waals surface area contributed by atoms with Crippen molar-refractivity contribution in [3.63, 3.8) is 0 Å². The average Bonchev–Trinajstić information content (AvgIpc) is 2.79. The lowest BCUT2D eigenvalue weighted by Crippen LogP contribution is -2.52. The van der Waals surface area contributed by atoms with Gasteiger partial charge in [0.2, 0.25) is 5.91 Å². The second-order valence-corrected chi connectivity index (χ2v) is 7.99. The molecule has 1 unspecified atom stereocenters. The molecule has 0 spiro atoms. The fourth-order valence-corrected chi connectivity index (χ4v) is 4.05. The molecule has 1 heterocycles. The summed E-state index contributed by atoms with van der Waals surface area (Å²) in [6, 6.07) is 4.99. The van der Waals surface area contributed by atoms with E-state index < -0.39 is 12.8 Å². The van der Waals surface area contributed by atoms with E-state index in [1.807, 2.05) is 0 Å². The van der Waals surface area contributed by atoms with Gasteiger partial charge in [0, 0.05) is 32.1 Å². The van der Waals surface area contributed by atoms with Gasteiger partial charge in [-0.2, -0.15) is 13.2 Å². The lowest BCUT2D eigenvalue weighted by molar-refractivity contribution is -0.153.